The van der Waals surface area contributed by atoms with Gasteiger partial charge in [-0.05, 0) is 48.0 Å². The normalized spacial score (nSPS) is 11.8. The van der Waals surface area contributed by atoms with E-state index in [1.165, 1.54) is 6.20 Å². The Labute approximate surface area is 187 Å². The molecule has 2 aromatic heterocycles. The first-order chi connectivity index (χ1) is 15.1. The maximum atomic E-state index is 12.9. The predicted octanol–water partition coefficient (Wildman–Crippen LogP) is 4.24. The van der Waals surface area contributed by atoms with Gasteiger partial charge in [-0.1, -0.05) is 6.07 Å². The summed E-state index contributed by atoms with van der Waals surface area (Å²) in [5.74, 6) is -0.620. The fourth-order valence-corrected chi connectivity index (χ4v) is 5.36. The summed E-state index contributed by atoms with van der Waals surface area (Å²) in [5.41, 5.74) is 0.186. The lowest BCUT2D eigenvalue weighted by Gasteiger charge is -2.11. The van der Waals surface area contributed by atoms with Crippen molar-refractivity contribution in [3.63, 3.8) is 0 Å². The number of nitrogens with zero attached hydrogens (tertiary/aromatic N) is 2. The zero-order chi connectivity index (χ0) is 23.2. The standard InChI is InChI=1S/C21H18F3N3O3S2/c22-21(23,24)16-3-1-4-17(14-16)32(29,30)12-11-31-20-18(5-2-8-26-20)27-19(28)13-15-6-9-25-10-7-15/h1-10,14H,11-13H2,(H,27,28). The first kappa shape index (κ1) is 23.7. The minimum Gasteiger partial charge on any atom is -0.323 e. The third-order valence-corrected chi connectivity index (χ3v) is 7.25. The average Bonchev–Trinajstić information content (AvgIpc) is 2.75. The molecule has 1 aromatic carbocycles. The van der Waals surface area contributed by atoms with Crippen LogP contribution in [-0.2, 0) is 27.2 Å². The smallest absolute Gasteiger partial charge is 0.323 e. The van der Waals surface area contributed by atoms with Crippen LogP contribution in [0.2, 0.25) is 0 Å². The van der Waals surface area contributed by atoms with E-state index in [9.17, 15) is 26.4 Å². The molecule has 6 nitrogen and oxygen atoms in total. The number of alkyl halides is 3. The van der Waals surface area contributed by atoms with Crippen LogP contribution < -0.4 is 5.32 Å². The van der Waals surface area contributed by atoms with Crippen LogP contribution in [-0.4, -0.2) is 35.8 Å². The number of anilines is 1. The number of pyridine rings is 2. The molecule has 32 heavy (non-hydrogen) atoms. The van der Waals surface area contributed by atoms with Crippen molar-refractivity contribution in [3.8, 4) is 0 Å². The minimum absolute atomic E-state index is 0.0445. The number of thioether (sulfide) groups is 1. The molecule has 0 bridgehead atoms. The summed E-state index contributed by atoms with van der Waals surface area (Å²) < 4.78 is 63.6. The Morgan fingerprint density at radius 1 is 1.03 bits per heavy atom. The summed E-state index contributed by atoms with van der Waals surface area (Å²) in [6, 6.07) is 10.4. The molecule has 11 heteroatoms. The van der Waals surface area contributed by atoms with E-state index >= 15 is 0 Å². The molecule has 0 atom stereocenters. The van der Waals surface area contributed by atoms with Gasteiger partial charge in [-0.25, -0.2) is 13.4 Å². The molecule has 1 N–H and O–H groups in total. The van der Waals surface area contributed by atoms with E-state index in [0.29, 0.717) is 16.8 Å². The Morgan fingerprint density at radius 3 is 2.50 bits per heavy atom. The van der Waals surface area contributed by atoms with Crippen LogP contribution in [0.4, 0.5) is 18.9 Å². The second kappa shape index (κ2) is 10.1. The van der Waals surface area contributed by atoms with Crippen LogP contribution in [0, 0.1) is 0 Å². The number of rotatable bonds is 8. The molecule has 0 aliphatic rings. The molecule has 0 spiro atoms. The topological polar surface area (TPSA) is 89.0 Å². The number of hydrogen-bond donors (Lipinski definition) is 1. The Morgan fingerprint density at radius 2 is 1.78 bits per heavy atom. The van der Waals surface area contributed by atoms with Crippen LogP contribution in [0.3, 0.4) is 0 Å². The maximum Gasteiger partial charge on any atom is 0.416 e. The van der Waals surface area contributed by atoms with E-state index in [4.69, 9.17) is 0 Å². The number of carbonyl (C=O) groups is 1. The molecule has 0 unspecified atom stereocenters. The summed E-state index contributed by atoms with van der Waals surface area (Å²) in [5, 5.41) is 3.16. The number of benzene rings is 1. The van der Waals surface area contributed by atoms with Gasteiger partial charge in [0, 0.05) is 24.3 Å². The molecular weight excluding hydrogens is 463 g/mol. The molecule has 168 valence electrons. The second-order valence-corrected chi connectivity index (χ2v) is 9.82. The molecule has 0 radical (unpaired) electrons. The summed E-state index contributed by atoms with van der Waals surface area (Å²) in [6.45, 7) is 0. The molecule has 0 aliphatic heterocycles. The summed E-state index contributed by atoms with van der Waals surface area (Å²) >= 11 is 1.09. The van der Waals surface area contributed by atoms with E-state index in [-0.39, 0.29) is 28.7 Å². The number of aromatic nitrogens is 2. The average molecular weight is 482 g/mol. The highest BCUT2D eigenvalue weighted by Gasteiger charge is 2.31. The Hall–Kier alpha value is -2.92. The molecule has 2 heterocycles. The second-order valence-electron chi connectivity index (χ2n) is 6.63. The van der Waals surface area contributed by atoms with Gasteiger partial charge in [-0.2, -0.15) is 13.2 Å². The van der Waals surface area contributed by atoms with Gasteiger partial charge in [0.1, 0.15) is 5.03 Å². The minimum atomic E-state index is -4.63. The van der Waals surface area contributed by atoms with E-state index in [1.807, 2.05) is 0 Å². The predicted molar refractivity (Wildman–Crippen MR) is 115 cm³/mol. The first-order valence-electron chi connectivity index (χ1n) is 9.32. The molecule has 0 saturated heterocycles. The summed E-state index contributed by atoms with van der Waals surface area (Å²) in [7, 11) is -3.93. The SMILES string of the molecule is O=C(Cc1ccncc1)Nc1cccnc1SCCS(=O)(=O)c1cccc(C(F)(F)F)c1. The van der Waals surface area contributed by atoms with Crippen LogP contribution in [0.1, 0.15) is 11.1 Å². The van der Waals surface area contributed by atoms with Gasteiger partial charge in [-0.3, -0.25) is 9.78 Å². The van der Waals surface area contributed by atoms with Crippen molar-refractivity contribution in [1.29, 1.82) is 0 Å². The molecular formula is C21H18F3N3O3S2. The summed E-state index contributed by atoms with van der Waals surface area (Å²) in [6.07, 6.45) is 0.169. The Balaban J connectivity index is 1.63. The molecule has 1 amide bonds. The zero-order valence-electron chi connectivity index (χ0n) is 16.5. The number of carbonyl (C=O) groups excluding carboxylic acids is 1. The largest absolute Gasteiger partial charge is 0.416 e. The van der Waals surface area contributed by atoms with Crippen molar-refractivity contribution in [2.75, 3.05) is 16.8 Å². The lowest BCUT2D eigenvalue weighted by Crippen LogP contribution is -2.15. The lowest BCUT2D eigenvalue weighted by molar-refractivity contribution is -0.137. The van der Waals surface area contributed by atoms with Crippen molar-refractivity contribution in [1.82, 2.24) is 9.97 Å². The monoisotopic (exact) mass is 481 g/mol. The molecule has 3 rings (SSSR count). The third-order valence-electron chi connectivity index (χ3n) is 4.27. The van der Waals surface area contributed by atoms with Gasteiger partial charge in [0.15, 0.2) is 9.84 Å². The van der Waals surface area contributed by atoms with E-state index in [1.54, 1.807) is 36.7 Å². The van der Waals surface area contributed by atoms with Crippen LogP contribution in [0.25, 0.3) is 0 Å². The van der Waals surface area contributed by atoms with Crippen molar-refractivity contribution in [2.45, 2.75) is 22.5 Å². The van der Waals surface area contributed by atoms with Gasteiger partial charge >= 0.3 is 6.18 Å². The van der Waals surface area contributed by atoms with Crippen molar-refractivity contribution >= 4 is 33.2 Å². The first-order valence-corrected chi connectivity index (χ1v) is 12.0. The number of amides is 1. The number of halogens is 3. The number of hydrogen-bond acceptors (Lipinski definition) is 6. The van der Waals surface area contributed by atoms with Gasteiger partial charge in [0.2, 0.25) is 5.91 Å². The summed E-state index contributed by atoms with van der Waals surface area (Å²) in [4.78, 5) is 20.0. The van der Waals surface area contributed by atoms with Crippen LogP contribution >= 0.6 is 11.8 Å². The van der Waals surface area contributed by atoms with E-state index in [0.717, 1.165) is 35.5 Å². The highest BCUT2D eigenvalue weighted by molar-refractivity contribution is 8.00. The van der Waals surface area contributed by atoms with E-state index < -0.39 is 21.6 Å². The van der Waals surface area contributed by atoms with Gasteiger partial charge < -0.3 is 5.32 Å². The Kier molecular flexibility index (Phi) is 7.52. The fraction of sp³-hybridized carbons (Fsp3) is 0.190. The number of sulfone groups is 1. The van der Waals surface area contributed by atoms with Gasteiger partial charge in [0.25, 0.3) is 0 Å². The third kappa shape index (κ3) is 6.54. The van der Waals surface area contributed by atoms with Gasteiger partial charge in [-0.15, -0.1) is 11.8 Å². The van der Waals surface area contributed by atoms with E-state index in [2.05, 4.69) is 15.3 Å². The highest BCUT2D eigenvalue weighted by Crippen LogP contribution is 2.31. The zero-order valence-corrected chi connectivity index (χ0v) is 18.2. The molecule has 0 fully saturated rings. The quantitative estimate of drug-likeness (QED) is 0.484. The maximum absolute atomic E-state index is 12.9. The van der Waals surface area contributed by atoms with Gasteiger partial charge in [0.05, 0.1) is 28.3 Å². The molecule has 0 aliphatic carbocycles. The van der Waals surface area contributed by atoms with Crippen molar-refractivity contribution in [3.05, 3.63) is 78.2 Å². The molecule has 0 saturated carbocycles. The fourth-order valence-electron chi connectivity index (χ4n) is 2.71. The van der Waals surface area contributed by atoms with Crippen molar-refractivity contribution < 1.29 is 26.4 Å². The van der Waals surface area contributed by atoms with Crippen LogP contribution in [0.15, 0.2) is 77.0 Å². The highest BCUT2D eigenvalue weighted by atomic mass is 32.2. The number of nitrogens with one attached hydrogen (secondary N) is 1. The van der Waals surface area contributed by atoms with Crippen LogP contribution in [0.5, 0.6) is 0 Å². The lowest BCUT2D eigenvalue weighted by atomic mass is 10.2. The van der Waals surface area contributed by atoms with Crippen molar-refractivity contribution in [2.24, 2.45) is 0 Å². The molecule has 3 aromatic rings. The Bertz CT molecular complexity index is 1190.